The minimum absolute atomic E-state index is 0.157. The molecular weight excluding hydrogens is 370 g/mol. The Kier molecular flexibility index (Phi) is 11.1. The summed E-state index contributed by atoms with van der Waals surface area (Å²) >= 11 is 0. The molecule has 2 fully saturated rings. The second-order valence-corrected chi connectivity index (χ2v) is 6.53. The summed E-state index contributed by atoms with van der Waals surface area (Å²) < 4.78 is 14.3. The van der Waals surface area contributed by atoms with E-state index >= 15 is 0 Å². The van der Waals surface area contributed by atoms with E-state index in [2.05, 4.69) is 20.7 Å². The first-order chi connectivity index (χ1) is 13.4. The number of amides is 3. The number of hydrogen-bond acceptors (Lipinski definition) is 7. The lowest BCUT2D eigenvalue weighted by Gasteiger charge is -2.26. The first-order valence-corrected chi connectivity index (χ1v) is 9.53. The number of rotatable bonds is 7. The summed E-state index contributed by atoms with van der Waals surface area (Å²) in [5.41, 5.74) is 0. The third kappa shape index (κ3) is 8.66. The second-order valence-electron chi connectivity index (χ2n) is 6.53. The normalized spacial score (nSPS) is 16.0. The van der Waals surface area contributed by atoms with Gasteiger partial charge in [0.25, 0.3) is 0 Å². The van der Waals surface area contributed by atoms with Gasteiger partial charge in [-0.25, -0.2) is 4.79 Å². The molecule has 3 amide bonds. The summed E-state index contributed by atoms with van der Waals surface area (Å²) in [6.45, 7) is 2.08. The average Bonchev–Trinajstić information content (AvgIpc) is 2.62. The SMILES string of the molecule is CCOC(=O)C(=O)NC1CCC1.COC(CNC(=O)C(=O)NC1CCC1)OC. The van der Waals surface area contributed by atoms with Gasteiger partial charge in [-0.3, -0.25) is 14.4 Å². The molecule has 160 valence electrons. The Balaban J connectivity index is 0.000000292. The highest BCUT2D eigenvalue weighted by atomic mass is 16.7. The summed E-state index contributed by atoms with van der Waals surface area (Å²) in [5, 5.41) is 7.67. The van der Waals surface area contributed by atoms with Crippen molar-refractivity contribution in [3.63, 3.8) is 0 Å². The fraction of sp³-hybridized carbons (Fsp3) is 0.778. The lowest BCUT2D eigenvalue weighted by atomic mass is 9.93. The Morgan fingerprint density at radius 1 is 0.857 bits per heavy atom. The molecule has 0 spiro atoms. The van der Waals surface area contributed by atoms with E-state index in [4.69, 9.17) is 9.47 Å². The largest absolute Gasteiger partial charge is 0.459 e. The summed E-state index contributed by atoms with van der Waals surface area (Å²) in [7, 11) is 2.93. The van der Waals surface area contributed by atoms with Gasteiger partial charge >= 0.3 is 23.7 Å². The zero-order valence-corrected chi connectivity index (χ0v) is 16.7. The van der Waals surface area contributed by atoms with Crippen molar-refractivity contribution in [2.75, 3.05) is 27.4 Å². The Morgan fingerprint density at radius 3 is 1.75 bits per heavy atom. The molecule has 0 aromatic carbocycles. The third-order valence-electron chi connectivity index (χ3n) is 4.50. The van der Waals surface area contributed by atoms with Gasteiger partial charge in [-0.1, -0.05) is 0 Å². The number of carbonyl (C=O) groups is 4. The fourth-order valence-corrected chi connectivity index (χ4v) is 2.32. The molecule has 0 aromatic heterocycles. The number of carbonyl (C=O) groups excluding carboxylic acids is 4. The highest BCUT2D eigenvalue weighted by Crippen LogP contribution is 2.18. The zero-order valence-electron chi connectivity index (χ0n) is 16.7. The van der Waals surface area contributed by atoms with Crippen LogP contribution in [-0.4, -0.2) is 69.4 Å². The molecule has 0 radical (unpaired) electrons. The van der Waals surface area contributed by atoms with E-state index in [1.165, 1.54) is 14.2 Å². The number of nitrogens with one attached hydrogen (secondary N) is 3. The van der Waals surface area contributed by atoms with E-state index < -0.39 is 30.0 Å². The van der Waals surface area contributed by atoms with Crippen molar-refractivity contribution in [2.24, 2.45) is 0 Å². The number of ether oxygens (including phenoxy) is 3. The van der Waals surface area contributed by atoms with Crippen LogP contribution in [0.4, 0.5) is 0 Å². The molecule has 3 N–H and O–H groups in total. The summed E-state index contributed by atoms with van der Waals surface area (Å²) in [6.07, 6.45) is 5.59. The molecule has 28 heavy (non-hydrogen) atoms. The van der Waals surface area contributed by atoms with Gasteiger partial charge in [0.2, 0.25) is 0 Å². The predicted octanol–water partition coefficient (Wildman–Crippen LogP) is -0.392. The van der Waals surface area contributed by atoms with Crippen LogP contribution in [0.15, 0.2) is 0 Å². The Hall–Kier alpha value is -2.20. The van der Waals surface area contributed by atoms with Crippen LogP contribution in [0.2, 0.25) is 0 Å². The summed E-state index contributed by atoms with van der Waals surface area (Å²) in [6, 6.07) is 0.362. The van der Waals surface area contributed by atoms with Crippen LogP contribution >= 0.6 is 0 Å². The van der Waals surface area contributed by atoms with Crippen LogP contribution in [0.1, 0.15) is 45.4 Å². The second kappa shape index (κ2) is 13.1. The standard InChI is InChI=1S/C10H18N2O4.C8H13NO3/c1-15-8(16-2)6-11-9(13)10(14)12-7-4-3-5-7;1-2-12-8(11)7(10)9-6-4-3-5-6/h7-8H,3-6H2,1-2H3,(H,11,13)(H,12,14);6H,2-5H2,1H3,(H,9,10). The Bertz CT molecular complexity index is 529. The van der Waals surface area contributed by atoms with Crippen molar-refractivity contribution < 1.29 is 33.4 Å². The molecule has 0 aliphatic heterocycles. The van der Waals surface area contributed by atoms with Gasteiger partial charge in [-0.05, 0) is 45.4 Å². The monoisotopic (exact) mass is 401 g/mol. The molecule has 10 heteroatoms. The smallest absolute Gasteiger partial charge is 0.396 e. The lowest BCUT2D eigenvalue weighted by molar-refractivity contribution is -0.155. The average molecular weight is 401 g/mol. The minimum Gasteiger partial charge on any atom is -0.459 e. The molecule has 0 unspecified atom stereocenters. The number of methoxy groups -OCH3 is 2. The van der Waals surface area contributed by atoms with Gasteiger partial charge in [-0.2, -0.15) is 0 Å². The molecule has 0 heterocycles. The Labute approximate surface area is 165 Å². The predicted molar refractivity (Wildman–Crippen MR) is 99.0 cm³/mol. The molecule has 0 bridgehead atoms. The topological polar surface area (TPSA) is 132 Å². The number of esters is 1. The van der Waals surface area contributed by atoms with Gasteiger partial charge in [0.15, 0.2) is 6.29 Å². The highest BCUT2D eigenvalue weighted by molar-refractivity contribution is 6.35. The van der Waals surface area contributed by atoms with Crippen LogP contribution in [0.5, 0.6) is 0 Å². The van der Waals surface area contributed by atoms with E-state index in [1.54, 1.807) is 6.92 Å². The molecule has 0 atom stereocenters. The van der Waals surface area contributed by atoms with Crippen LogP contribution in [0.3, 0.4) is 0 Å². The molecule has 0 saturated heterocycles. The Morgan fingerprint density at radius 2 is 1.36 bits per heavy atom. The lowest BCUT2D eigenvalue weighted by Crippen LogP contribution is -2.48. The van der Waals surface area contributed by atoms with E-state index in [9.17, 15) is 19.2 Å². The maximum Gasteiger partial charge on any atom is 0.396 e. The third-order valence-corrected chi connectivity index (χ3v) is 4.50. The van der Waals surface area contributed by atoms with E-state index in [0.717, 1.165) is 38.5 Å². The van der Waals surface area contributed by atoms with Gasteiger partial charge in [0, 0.05) is 26.3 Å². The zero-order chi connectivity index (χ0) is 20.9. The molecule has 2 rings (SSSR count). The van der Waals surface area contributed by atoms with Crippen molar-refractivity contribution in [3.05, 3.63) is 0 Å². The van der Waals surface area contributed by atoms with Gasteiger partial charge in [0.1, 0.15) is 0 Å². The maximum absolute atomic E-state index is 11.3. The van der Waals surface area contributed by atoms with E-state index in [0.29, 0.717) is 0 Å². The summed E-state index contributed by atoms with van der Waals surface area (Å²) in [5.74, 6) is -2.62. The van der Waals surface area contributed by atoms with Crippen molar-refractivity contribution in [2.45, 2.75) is 63.8 Å². The molecule has 2 aliphatic carbocycles. The van der Waals surface area contributed by atoms with E-state index in [-0.39, 0.29) is 25.2 Å². The fourth-order valence-electron chi connectivity index (χ4n) is 2.32. The number of hydrogen-bond donors (Lipinski definition) is 3. The van der Waals surface area contributed by atoms with Crippen LogP contribution in [0.25, 0.3) is 0 Å². The van der Waals surface area contributed by atoms with E-state index in [1.807, 2.05) is 0 Å². The summed E-state index contributed by atoms with van der Waals surface area (Å²) in [4.78, 5) is 44.4. The van der Waals surface area contributed by atoms with Crippen molar-refractivity contribution in [3.8, 4) is 0 Å². The van der Waals surface area contributed by atoms with Crippen molar-refractivity contribution >= 4 is 23.7 Å². The minimum atomic E-state index is -0.774. The van der Waals surface area contributed by atoms with Gasteiger partial charge in [0.05, 0.1) is 13.2 Å². The first kappa shape index (κ1) is 23.8. The van der Waals surface area contributed by atoms with Crippen LogP contribution in [-0.2, 0) is 33.4 Å². The highest BCUT2D eigenvalue weighted by Gasteiger charge is 2.24. The maximum atomic E-state index is 11.3. The quantitative estimate of drug-likeness (QED) is 0.301. The molecule has 2 saturated carbocycles. The molecule has 0 aromatic rings. The van der Waals surface area contributed by atoms with Gasteiger partial charge in [-0.15, -0.1) is 0 Å². The first-order valence-electron chi connectivity index (χ1n) is 9.53. The van der Waals surface area contributed by atoms with Crippen molar-refractivity contribution in [1.29, 1.82) is 0 Å². The molecule has 2 aliphatic rings. The molecule has 10 nitrogen and oxygen atoms in total. The van der Waals surface area contributed by atoms with Crippen molar-refractivity contribution in [1.82, 2.24) is 16.0 Å². The van der Waals surface area contributed by atoms with Crippen LogP contribution in [0, 0.1) is 0 Å². The van der Waals surface area contributed by atoms with Gasteiger partial charge < -0.3 is 30.2 Å². The molecular formula is C18H31N3O7. The van der Waals surface area contributed by atoms with Crippen LogP contribution < -0.4 is 16.0 Å².